The molecule has 1 aromatic rings. The molecule has 2 aliphatic rings. The summed E-state index contributed by atoms with van der Waals surface area (Å²) in [6.45, 7) is 0.564. The van der Waals surface area contributed by atoms with E-state index in [4.69, 9.17) is 4.74 Å². The number of amides is 1. The van der Waals surface area contributed by atoms with Crippen LogP contribution in [0.5, 0.6) is 5.75 Å². The van der Waals surface area contributed by atoms with Crippen LogP contribution in [0.1, 0.15) is 37.3 Å². The fourth-order valence-corrected chi connectivity index (χ4v) is 3.34. The molecule has 0 radical (unpaired) electrons. The van der Waals surface area contributed by atoms with Gasteiger partial charge in [0.2, 0.25) is 5.91 Å². The largest absolute Gasteiger partial charge is 0.493 e. The predicted molar refractivity (Wildman–Crippen MR) is 75.9 cm³/mol. The third-order valence-corrected chi connectivity index (χ3v) is 4.44. The van der Waals surface area contributed by atoms with Gasteiger partial charge in [0.1, 0.15) is 5.75 Å². The van der Waals surface area contributed by atoms with Gasteiger partial charge in [-0.3, -0.25) is 9.59 Å². The standard InChI is InChI=1S/C16H19NO4/c18-15(10-5-3-6-11(10)16(19)20)17-13-8-9-21-14-7-2-1-4-12(13)14/h1-2,4,7,10-11,13H,3,5-6,8-9H2,(H,17,18)(H,19,20). The summed E-state index contributed by atoms with van der Waals surface area (Å²) in [6, 6.07) is 7.58. The van der Waals surface area contributed by atoms with Crippen molar-refractivity contribution in [2.75, 3.05) is 6.61 Å². The lowest BCUT2D eigenvalue weighted by Gasteiger charge is -2.28. The molecule has 1 aliphatic heterocycles. The zero-order valence-corrected chi connectivity index (χ0v) is 11.7. The molecule has 3 rings (SSSR count). The van der Waals surface area contributed by atoms with Crippen LogP contribution in [-0.4, -0.2) is 23.6 Å². The summed E-state index contributed by atoms with van der Waals surface area (Å²) in [5.74, 6) is -1.14. The number of carboxylic acid groups (broad SMARTS) is 1. The molecule has 0 aromatic heterocycles. The first kappa shape index (κ1) is 13.9. The van der Waals surface area contributed by atoms with Gasteiger partial charge in [0.05, 0.1) is 24.5 Å². The summed E-state index contributed by atoms with van der Waals surface area (Å²) in [7, 11) is 0. The Labute approximate surface area is 123 Å². The van der Waals surface area contributed by atoms with Crippen LogP contribution in [0.4, 0.5) is 0 Å². The fourth-order valence-electron chi connectivity index (χ4n) is 3.34. The Morgan fingerprint density at radius 3 is 2.71 bits per heavy atom. The molecule has 0 spiro atoms. The monoisotopic (exact) mass is 289 g/mol. The summed E-state index contributed by atoms with van der Waals surface area (Å²) in [5.41, 5.74) is 0.974. The Bertz CT molecular complexity index is 557. The van der Waals surface area contributed by atoms with Crippen LogP contribution in [0, 0.1) is 11.8 Å². The lowest BCUT2D eigenvalue weighted by molar-refractivity contribution is -0.146. The minimum Gasteiger partial charge on any atom is -0.493 e. The highest BCUT2D eigenvalue weighted by Crippen LogP contribution is 2.35. The third kappa shape index (κ3) is 2.73. The van der Waals surface area contributed by atoms with Crippen LogP contribution in [0.25, 0.3) is 0 Å². The van der Waals surface area contributed by atoms with Gasteiger partial charge in [0.15, 0.2) is 0 Å². The van der Waals surface area contributed by atoms with E-state index in [0.29, 0.717) is 25.9 Å². The molecule has 1 fully saturated rings. The number of para-hydroxylation sites is 1. The number of carbonyl (C=O) groups is 2. The Morgan fingerprint density at radius 1 is 1.14 bits per heavy atom. The highest BCUT2D eigenvalue weighted by Gasteiger charge is 2.38. The highest BCUT2D eigenvalue weighted by molar-refractivity contribution is 5.85. The number of hydrogen-bond acceptors (Lipinski definition) is 3. The maximum Gasteiger partial charge on any atom is 0.307 e. The van der Waals surface area contributed by atoms with Crippen molar-refractivity contribution in [3.05, 3.63) is 29.8 Å². The quantitative estimate of drug-likeness (QED) is 0.893. The summed E-state index contributed by atoms with van der Waals surface area (Å²) in [4.78, 5) is 23.6. The van der Waals surface area contributed by atoms with E-state index in [1.54, 1.807) is 0 Å². The molecule has 1 saturated carbocycles. The maximum absolute atomic E-state index is 12.4. The van der Waals surface area contributed by atoms with Crippen LogP contribution in [0.3, 0.4) is 0 Å². The van der Waals surface area contributed by atoms with Crippen LogP contribution >= 0.6 is 0 Å². The first-order valence-corrected chi connectivity index (χ1v) is 7.41. The van der Waals surface area contributed by atoms with Crippen molar-refractivity contribution in [1.82, 2.24) is 5.32 Å². The number of ether oxygens (including phenoxy) is 1. The number of carbonyl (C=O) groups excluding carboxylic acids is 1. The SMILES string of the molecule is O=C(O)C1CCCC1C(=O)NC1CCOc2ccccc21. The van der Waals surface area contributed by atoms with Crippen molar-refractivity contribution in [2.24, 2.45) is 11.8 Å². The van der Waals surface area contributed by atoms with Crippen LogP contribution in [0.2, 0.25) is 0 Å². The second kappa shape index (κ2) is 5.76. The van der Waals surface area contributed by atoms with Crippen LogP contribution in [-0.2, 0) is 9.59 Å². The van der Waals surface area contributed by atoms with E-state index in [2.05, 4.69) is 5.32 Å². The molecule has 0 bridgehead atoms. The Kier molecular flexibility index (Phi) is 3.82. The maximum atomic E-state index is 12.4. The molecule has 112 valence electrons. The molecule has 0 saturated heterocycles. The predicted octanol–water partition coefficient (Wildman–Crippen LogP) is 2.13. The molecule has 1 amide bonds. The van der Waals surface area contributed by atoms with Gasteiger partial charge in [-0.15, -0.1) is 0 Å². The molecule has 21 heavy (non-hydrogen) atoms. The molecule has 5 heteroatoms. The molecular formula is C16H19NO4. The minimum atomic E-state index is -0.861. The number of fused-ring (bicyclic) bond motifs is 1. The van der Waals surface area contributed by atoms with Crippen molar-refractivity contribution in [1.29, 1.82) is 0 Å². The van der Waals surface area contributed by atoms with Crippen LogP contribution < -0.4 is 10.1 Å². The number of hydrogen-bond donors (Lipinski definition) is 2. The van der Waals surface area contributed by atoms with Crippen molar-refractivity contribution < 1.29 is 19.4 Å². The van der Waals surface area contributed by atoms with E-state index in [1.165, 1.54) is 0 Å². The van der Waals surface area contributed by atoms with Gasteiger partial charge in [0.25, 0.3) is 0 Å². The summed E-state index contributed by atoms with van der Waals surface area (Å²) >= 11 is 0. The van der Waals surface area contributed by atoms with Gasteiger partial charge >= 0.3 is 5.97 Å². The number of aliphatic carboxylic acids is 1. The Hall–Kier alpha value is -2.04. The Morgan fingerprint density at radius 2 is 1.90 bits per heavy atom. The minimum absolute atomic E-state index is 0.0857. The van der Waals surface area contributed by atoms with Gasteiger partial charge in [-0.2, -0.15) is 0 Å². The van der Waals surface area contributed by atoms with Gasteiger partial charge in [-0.1, -0.05) is 24.6 Å². The number of rotatable bonds is 3. The van der Waals surface area contributed by atoms with Crippen molar-refractivity contribution in [2.45, 2.75) is 31.7 Å². The normalized spacial score (nSPS) is 27.5. The van der Waals surface area contributed by atoms with Crippen molar-refractivity contribution in [3.63, 3.8) is 0 Å². The van der Waals surface area contributed by atoms with E-state index in [0.717, 1.165) is 17.7 Å². The summed E-state index contributed by atoms with van der Waals surface area (Å²) in [5, 5.41) is 12.2. The van der Waals surface area contributed by atoms with Gasteiger partial charge in [0, 0.05) is 12.0 Å². The first-order valence-electron chi connectivity index (χ1n) is 7.41. The highest BCUT2D eigenvalue weighted by atomic mass is 16.5. The Balaban J connectivity index is 1.73. The summed E-state index contributed by atoms with van der Waals surface area (Å²) in [6.07, 6.45) is 2.78. The van der Waals surface area contributed by atoms with Gasteiger partial charge in [-0.25, -0.2) is 0 Å². The zero-order chi connectivity index (χ0) is 14.8. The first-order chi connectivity index (χ1) is 10.2. The van der Waals surface area contributed by atoms with E-state index >= 15 is 0 Å². The summed E-state index contributed by atoms with van der Waals surface area (Å²) < 4.78 is 5.57. The fraction of sp³-hybridized carbons (Fsp3) is 0.500. The molecule has 1 aliphatic carbocycles. The number of carboxylic acids is 1. The lowest BCUT2D eigenvalue weighted by Crippen LogP contribution is -2.39. The van der Waals surface area contributed by atoms with E-state index < -0.39 is 17.8 Å². The lowest BCUT2D eigenvalue weighted by atomic mass is 9.93. The molecule has 2 N–H and O–H groups in total. The second-order valence-electron chi connectivity index (χ2n) is 5.72. The smallest absolute Gasteiger partial charge is 0.307 e. The van der Waals surface area contributed by atoms with Crippen molar-refractivity contribution >= 4 is 11.9 Å². The molecule has 1 heterocycles. The second-order valence-corrected chi connectivity index (χ2v) is 5.72. The van der Waals surface area contributed by atoms with Gasteiger partial charge in [-0.05, 0) is 18.9 Å². The molecule has 1 aromatic carbocycles. The molecule has 3 atom stereocenters. The van der Waals surface area contributed by atoms with E-state index in [1.807, 2.05) is 24.3 Å². The zero-order valence-electron chi connectivity index (χ0n) is 11.7. The van der Waals surface area contributed by atoms with Crippen molar-refractivity contribution in [3.8, 4) is 5.75 Å². The van der Waals surface area contributed by atoms with Gasteiger partial charge < -0.3 is 15.2 Å². The topological polar surface area (TPSA) is 75.6 Å². The number of nitrogens with one attached hydrogen (secondary N) is 1. The average Bonchev–Trinajstić information content (AvgIpc) is 2.97. The average molecular weight is 289 g/mol. The molecule has 3 unspecified atom stereocenters. The number of benzene rings is 1. The van der Waals surface area contributed by atoms with Crippen LogP contribution in [0.15, 0.2) is 24.3 Å². The van der Waals surface area contributed by atoms with E-state index in [-0.39, 0.29) is 11.9 Å². The molecule has 5 nitrogen and oxygen atoms in total. The third-order valence-electron chi connectivity index (χ3n) is 4.44. The van der Waals surface area contributed by atoms with E-state index in [9.17, 15) is 14.7 Å². The molecular weight excluding hydrogens is 270 g/mol.